The second kappa shape index (κ2) is 5.33. The fourth-order valence-electron chi connectivity index (χ4n) is 3.13. The normalized spacial score (nSPS) is 36.6. The Labute approximate surface area is 98.7 Å². The lowest BCUT2D eigenvalue weighted by Gasteiger charge is -2.38. The fraction of sp³-hybridized carbons (Fsp3) is 0.857. The van der Waals surface area contributed by atoms with Crippen molar-refractivity contribution in [3.8, 4) is 0 Å². The van der Waals surface area contributed by atoms with Gasteiger partial charge in [-0.05, 0) is 50.5 Å². The van der Waals surface area contributed by atoms with Crippen LogP contribution in [0.1, 0.15) is 57.8 Å². The molecule has 0 aromatic rings. The molecular formula is C14H24O2. The van der Waals surface area contributed by atoms with Crippen molar-refractivity contribution in [1.29, 1.82) is 0 Å². The number of rotatable bonds is 2. The summed E-state index contributed by atoms with van der Waals surface area (Å²) >= 11 is 0. The molecule has 1 saturated carbocycles. The van der Waals surface area contributed by atoms with Crippen molar-refractivity contribution in [2.45, 2.75) is 69.5 Å². The van der Waals surface area contributed by atoms with Gasteiger partial charge in [-0.25, -0.2) is 0 Å². The van der Waals surface area contributed by atoms with E-state index in [1.165, 1.54) is 24.8 Å². The van der Waals surface area contributed by atoms with Gasteiger partial charge in [-0.15, -0.1) is 0 Å². The van der Waals surface area contributed by atoms with Crippen LogP contribution in [0.5, 0.6) is 0 Å². The zero-order valence-electron chi connectivity index (χ0n) is 10.4. The fourth-order valence-corrected chi connectivity index (χ4v) is 3.13. The molecule has 0 aromatic heterocycles. The summed E-state index contributed by atoms with van der Waals surface area (Å²) in [6, 6.07) is 0. The first-order valence-electron chi connectivity index (χ1n) is 6.69. The molecule has 0 radical (unpaired) electrons. The average Bonchev–Trinajstić information content (AvgIpc) is 2.58. The number of ether oxygens (including phenoxy) is 1. The Morgan fingerprint density at radius 3 is 3.00 bits per heavy atom. The quantitative estimate of drug-likeness (QED) is 0.730. The molecule has 0 amide bonds. The van der Waals surface area contributed by atoms with Crippen molar-refractivity contribution in [1.82, 2.24) is 0 Å². The van der Waals surface area contributed by atoms with Crippen LogP contribution in [0.2, 0.25) is 0 Å². The summed E-state index contributed by atoms with van der Waals surface area (Å²) in [5.41, 5.74) is 0.746. The molecule has 0 aromatic carbocycles. The van der Waals surface area contributed by atoms with Crippen LogP contribution < -0.4 is 0 Å². The third-order valence-electron chi connectivity index (χ3n) is 4.15. The summed E-state index contributed by atoms with van der Waals surface area (Å²) in [6.07, 6.45) is 12.5. The highest BCUT2D eigenvalue weighted by atomic mass is 16.5. The molecule has 1 N–H and O–H groups in total. The van der Waals surface area contributed by atoms with Crippen molar-refractivity contribution in [2.24, 2.45) is 0 Å². The molecular weight excluding hydrogens is 200 g/mol. The molecule has 2 rings (SSSR count). The van der Waals surface area contributed by atoms with Gasteiger partial charge in [0.1, 0.15) is 0 Å². The predicted octanol–water partition coefficient (Wildman–Crippen LogP) is 3.20. The third kappa shape index (κ3) is 2.67. The Bertz CT molecular complexity index is 259. The van der Waals surface area contributed by atoms with E-state index >= 15 is 0 Å². The van der Waals surface area contributed by atoms with Gasteiger partial charge in [0.15, 0.2) is 0 Å². The van der Waals surface area contributed by atoms with E-state index in [1.54, 1.807) is 7.11 Å². The standard InChI is InChI=1S/C14H24O2/c1-16-13-9-6-10-14(15,11-13)12-7-4-2-3-5-8-12/h7,13,15H,2-6,8-11H2,1H3. The minimum absolute atomic E-state index is 0.253. The lowest BCUT2D eigenvalue weighted by atomic mass is 9.76. The summed E-state index contributed by atoms with van der Waals surface area (Å²) in [5, 5.41) is 10.8. The molecule has 0 spiro atoms. The molecule has 2 atom stereocenters. The lowest BCUT2D eigenvalue weighted by Crippen LogP contribution is -2.40. The number of aliphatic hydroxyl groups is 1. The number of hydrogen-bond acceptors (Lipinski definition) is 2. The minimum Gasteiger partial charge on any atom is -0.385 e. The van der Waals surface area contributed by atoms with E-state index < -0.39 is 5.60 Å². The van der Waals surface area contributed by atoms with Crippen molar-refractivity contribution in [3.05, 3.63) is 11.6 Å². The summed E-state index contributed by atoms with van der Waals surface area (Å²) in [5.74, 6) is 0. The zero-order valence-corrected chi connectivity index (χ0v) is 10.4. The van der Waals surface area contributed by atoms with Gasteiger partial charge in [0.2, 0.25) is 0 Å². The first-order valence-corrected chi connectivity index (χ1v) is 6.69. The molecule has 1 fully saturated rings. The Balaban J connectivity index is 2.07. The van der Waals surface area contributed by atoms with Crippen LogP contribution >= 0.6 is 0 Å². The highest BCUT2D eigenvalue weighted by Gasteiger charge is 2.37. The van der Waals surface area contributed by atoms with Crippen LogP contribution in [0.3, 0.4) is 0 Å². The van der Waals surface area contributed by atoms with E-state index in [2.05, 4.69) is 6.08 Å². The second-order valence-corrected chi connectivity index (χ2v) is 5.31. The van der Waals surface area contributed by atoms with E-state index in [4.69, 9.17) is 4.74 Å². The molecule has 2 nitrogen and oxygen atoms in total. The molecule has 2 heteroatoms. The highest BCUT2D eigenvalue weighted by molar-refractivity contribution is 5.19. The monoisotopic (exact) mass is 224 g/mol. The number of methoxy groups -OCH3 is 1. The van der Waals surface area contributed by atoms with Crippen molar-refractivity contribution in [2.75, 3.05) is 7.11 Å². The maximum atomic E-state index is 10.8. The maximum Gasteiger partial charge on any atom is 0.0881 e. The Hall–Kier alpha value is -0.340. The van der Waals surface area contributed by atoms with Crippen LogP contribution in [0.4, 0.5) is 0 Å². The number of allylic oxidation sites excluding steroid dienone is 1. The smallest absolute Gasteiger partial charge is 0.0881 e. The second-order valence-electron chi connectivity index (χ2n) is 5.31. The molecule has 2 aliphatic carbocycles. The summed E-state index contributed by atoms with van der Waals surface area (Å²) in [7, 11) is 1.76. The zero-order chi connectivity index (χ0) is 11.4. The van der Waals surface area contributed by atoms with E-state index in [0.29, 0.717) is 0 Å². The predicted molar refractivity (Wildman–Crippen MR) is 65.4 cm³/mol. The van der Waals surface area contributed by atoms with Crippen molar-refractivity contribution < 1.29 is 9.84 Å². The van der Waals surface area contributed by atoms with Gasteiger partial charge in [0.05, 0.1) is 11.7 Å². The van der Waals surface area contributed by atoms with Gasteiger partial charge in [-0.1, -0.05) is 12.5 Å². The first-order chi connectivity index (χ1) is 7.74. The molecule has 16 heavy (non-hydrogen) atoms. The van der Waals surface area contributed by atoms with Gasteiger partial charge < -0.3 is 9.84 Å². The van der Waals surface area contributed by atoms with E-state index in [9.17, 15) is 5.11 Å². The average molecular weight is 224 g/mol. The number of hydrogen-bond donors (Lipinski definition) is 1. The van der Waals surface area contributed by atoms with Gasteiger partial charge in [0, 0.05) is 13.5 Å². The summed E-state index contributed by atoms with van der Waals surface area (Å²) in [4.78, 5) is 0. The highest BCUT2D eigenvalue weighted by Crippen LogP contribution is 2.38. The molecule has 92 valence electrons. The van der Waals surface area contributed by atoms with E-state index in [-0.39, 0.29) is 6.10 Å². The third-order valence-corrected chi connectivity index (χ3v) is 4.15. The maximum absolute atomic E-state index is 10.8. The topological polar surface area (TPSA) is 29.5 Å². The Morgan fingerprint density at radius 2 is 2.19 bits per heavy atom. The van der Waals surface area contributed by atoms with Crippen LogP contribution in [0.15, 0.2) is 11.6 Å². The SMILES string of the molecule is COC1CCCC(O)(C2=CCCCCC2)C1. The molecule has 0 saturated heterocycles. The Kier molecular flexibility index (Phi) is 4.04. The molecule has 0 heterocycles. The minimum atomic E-state index is -0.552. The molecule has 2 aliphatic rings. The molecule has 2 unspecified atom stereocenters. The van der Waals surface area contributed by atoms with Gasteiger partial charge in [0.25, 0.3) is 0 Å². The molecule has 0 aliphatic heterocycles. The van der Waals surface area contributed by atoms with Crippen molar-refractivity contribution >= 4 is 0 Å². The van der Waals surface area contributed by atoms with E-state index in [1.807, 2.05) is 0 Å². The van der Waals surface area contributed by atoms with Crippen LogP contribution in [0, 0.1) is 0 Å². The Morgan fingerprint density at radius 1 is 1.31 bits per heavy atom. The van der Waals surface area contributed by atoms with E-state index in [0.717, 1.165) is 38.5 Å². The van der Waals surface area contributed by atoms with Crippen LogP contribution in [-0.4, -0.2) is 23.9 Å². The van der Waals surface area contributed by atoms with Crippen LogP contribution in [0.25, 0.3) is 0 Å². The van der Waals surface area contributed by atoms with Gasteiger partial charge in [-0.2, -0.15) is 0 Å². The van der Waals surface area contributed by atoms with Crippen molar-refractivity contribution in [3.63, 3.8) is 0 Å². The lowest BCUT2D eigenvalue weighted by molar-refractivity contribution is -0.0378. The van der Waals surface area contributed by atoms with Crippen LogP contribution in [-0.2, 0) is 4.74 Å². The summed E-state index contributed by atoms with van der Waals surface area (Å²) in [6.45, 7) is 0. The van der Waals surface area contributed by atoms with Gasteiger partial charge >= 0.3 is 0 Å². The molecule has 0 bridgehead atoms. The first kappa shape index (κ1) is 12.1. The summed E-state index contributed by atoms with van der Waals surface area (Å²) < 4.78 is 5.42. The largest absolute Gasteiger partial charge is 0.385 e. The van der Waals surface area contributed by atoms with Gasteiger partial charge in [-0.3, -0.25) is 0 Å².